The number of carbonyl (C=O) groups excluding carboxylic acids is 1. The summed E-state index contributed by atoms with van der Waals surface area (Å²) in [6, 6.07) is 5.71. The van der Waals surface area contributed by atoms with Crippen LogP contribution in [0.3, 0.4) is 0 Å². The molecule has 0 saturated carbocycles. The Kier molecular flexibility index (Phi) is 4.84. The highest BCUT2D eigenvalue weighted by Gasteiger charge is 2.17. The van der Waals surface area contributed by atoms with Gasteiger partial charge in [-0.3, -0.25) is 9.69 Å². The van der Waals surface area contributed by atoms with Crippen LogP contribution in [0.2, 0.25) is 0 Å². The number of amides is 1. The van der Waals surface area contributed by atoms with Crippen LogP contribution in [0.4, 0.5) is 0 Å². The van der Waals surface area contributed by atoms with Crippen LogP contribution in [0.5, 0.6) is 11.5 Å². The molecule has 1 aromatic rings. The molecule has 1 unspecified atom stereocenters. The van der Waals surface area contributed by atoms with Gasteiger partial charge in [-0.25, -0.2) is 0 Å². The van der Waals surface area contributed by atoms with E-state index in [4.69, 9.17) is 9.47 Å². The highest BCUT2D eigenvalue weighted by atomic mass is 16.7. The lowest BCUT2D eigenvalue weighted by molar-refractivity contribution is -0.122. The Bertz CT molecular complexity index is 472. The zero-order chi connectivity index (χ0) is 14.5. The number of benzene rings is 1. The molecule has 1 N–H and O–H groups in total. The maximum absolute atomic E-state index is 12.0. The van der Waals surface area contributed by atoms with E-state index in [2.05, 4.69) is 24.1 Å². The molecule has 0 spiro atoms. The monoisotopic (exact) mass is 278 g/mol. The van der Waals surface area contributed by atoms with Crippen molar-refractivity contribution in [3.63, 3.8) is 0 Å². The Morgan fingerprint density at radius 1 is 1.30 bits per heavy atom. The lowest BCUT2D eigenvalue weighted by atomic mass is 10.1. The van der Waals surface area contributed by atoms with Crippen molar-refractivity contribution in [2.75, 3.05) is 26.4 Å². The summed E-state index contributed by atoms with van der Waals surface area (Å²) >= 11 is 0. The third kappa shape index (κ3) is 3.42. The lowest BCUT2D eigenvalue weighted by Gasteiger charge is -2.20. The van der Waals surface area contributed by atoms with Crippen LogP contribution in [-0.4, -0.2) is 37.2 Å². The minimum Gasteiger partial charge on any atom is -0.454 e. The highest BCUT2D eigenvalue weighted by Crippen LogP contribution is 2.34. The predicted octanol–water partition coefficient (Wildman–Crippen LogP) is 1.93. The minimum absolute atomic E-state index is 0.0406. The van der Waals surface area contributed by atoms with Crippen molar-refractivity contribution in [3.05, 3.63) is 23.8 Å². The van der Waals surface area contributed by atoms with E-state index in [9.17, 15) is 4.79 Å². The van der Waals surface area contributed by atoms with Crippen LogP contribution in [0.25, 0.3) is 0 Å². The molecule has 1 aliphatic heterocycles. The Morgan fingerprint density at radius 3 is 2.70 bits per heavy atom. The number of hydrogen-bond acceptors (Lipinski definition) is 4. The van der Waals surface area contributed by atoms with Gasteiger partial charge in [-0.2, -0.15) is 0 Å². The number of ether oxygens (including phenoxy) is 2. The molecule has 0 aliphatic carbocycles. The van der Waals surface area contributed by atoms with E-state index in [1.807, 2.05) is 25.1 Å². The molecule has 20 heavy (non-hydrogen) atoms. The van der Waals surface area contributed by atoms with Gasteiger partial charge < -0.3 is 14.8 Å². The van der Waals surface area contributed by atoms with Crippen LogP contribution < -0.4 is 14.8 Å². The van der Waals surface area contributed by atoms with Crippen LogP contribution >= 0.6 is 0 Å². The maximum Gasteiger partial charge on any atom is 0.234 e. The summed E-state index contributed by atoms with van der Waals surface area (Å²) in [5, 5.41) is 3.01. The second-order valence-corrected chi connectivity index (χ2v) is 4.86. The van der Waals surface area contributed by atoms with Gasteiger partial charge in [0.2, 0.25) is 12.7 Å². The first-order chi connectivity index (χ1) is 9.63. The van der Waals surface area contributed by atoms with E-state index in [1.54, 1.807) is 0 Å². The van der Waals surface area contributed by atoms with Crippen LogP contribution in [0.15, 0.2) is 18.2 Å². The van der Waals surface area contributed by atoms with Crippen molar-refractivity contribution >= 4 is 5.91 Å². The van der Waals surface area contributed by atoms with Gasteiger partial charge >= 0.3 is 0 Å². The molecular weight excluding hydrogens is 256 g/mol. The average molecular weight is 278 g/mol. The molecular formula is C15H22N2O3. The highest BCUT2D eigenvalue weighted by molar-refractivity contribution is 5.78. The number of fused-ring (bicyclic) bond motifs is 1. The first kappa shape index (κ1) is 14.7. The van der Waals surface area contributed by atoms with Crippen molar-refractivity contribution in [1.82, 2.24) is 10.2 Å². The molecule has 2 rings (SSSR count). The van der Waals surface area contributed by atoms with Crippen LogP contribution in [0.1, 0.15) is 32.4 Å². The first-order valence-corrected chi connectivity index (χ1v) is 7.05. The smallest absolute Gasteiger partial charge is 0.234 e. The Labute approximate surface area is 119 Å². The molecule has 1 aromatic carbocycles. The fourth-order valence-electron chi connectivity index (χ4n) is 2.20. The quantitative estimate of drug-likeness (QED) is 0.864. The van der Waals surface area contributed by atoms with Crippen molar-refractivity contribution in [2.45, 2.75) is 26.8 Å². The van der Waals surface area contributed by atoms with Crippen molar-refractivity contribution in [2.24, 2.45) is 0 Å². The molecule has 5 nitrogen and oxygen atoms in total. The Hall–Kier alpha value is -1.75. The number of nitrogens with zero attached hydrogens (tertiary/aromatic N) is 1. The molecule has 0 radical (unpaired) electrons. The van der Waals surface area contributed by atoms with Crippen molar-refractivity contribution in [3.8, 4) is 11.5 Å². The maximum atomic E-state index is 12.0. The van der Waals surface area contributed by atoms with E-state index in [0.29, 0.717) is 6.54 Å². The normalized spacial score (nSPS) is 14.4. The zero-order valence-electron chi connectivity index (χ0n) is 12.3. The summed E-state index contributed by atoms with van der Waals surface area (Å²) < 4.78 is 10.6. The number of carbonyl (C=O) groups is 1. The van der Waals surface area contributed by atoms with Gasteiger partial charge in [-0.05, 0) is 37.7 Å². The third-order valence-corrected chi connectivity index (χ3v) is 3.54. The fraction of sp³-hybridized carbons (Fsp3) is 0.533. The molecule has 1 amide bonds. The lowest BCUT2D eigenvalue weighted by Crippen LogP contribution is -2.38. The Morgan fingerprint density at radius 2 is 2.00 bits per heavy atom. The summed E-state index contributed by atoms with van der Waals surface area (Å²) in [7, 11) is 0. The summed E-state index contributed by atoms with van der Waals surface area (Å²) in [6.45, 7) is 8.53. The number of likely N-dealkylation sites (N-methyl/N-ethyl adjacent to an activating group) is 1. The molecule has 1 heterocycles. The predicted molar refractivity (Wildman–Crippen MR) is 76.9 cm³/mol. The van der Waals surface area contributed by atoms with Crippen molar-refractivity contribution < 1.29 is 14.3 Å². The van der Waals surface area contributed by atoms with E-state index in [-0.39, 0.29) is 18.7 Å². The molecule has 1 aliphatic rings. The topological polar surface area (TPSA) is 50.8 Å². The van der Waals surface area contributed by atoms with Gasteiger partial charge in [-0.1, -0.05) is 19.9 Å². The van der Waals surface area contributed by atoms with Crippen LogP contribution in [-0.2, 0) is 4.79 Å². The van der Waals surface area contributed by atoms with Gasteiger partial charge in [0, 0.05) is 0 Å². The fourth-order valence-corrected chi connectivity index (χ4v) is 2.20. The van der Waals surface area contributed by atoms with E-state index >= 15 is 0 Å². The zero-order valence-corrected chi connectivity index (χ0v) is 12.3. The molecule has 110 valence electrons. The van der Waals surface area contributed by atoms with Crippen LogP contribution in [0, 0.1) is 0 Å². The third-order valence-electron chi connectivity index (χ3n) is 3.54. The van der Waals surface area contributed by atoms with E-state index < -0.39 is 0 Å². The SMILES string of the molecule is CCN(CC)CC(=O)NC(C)c1ccc2c(c1)OCO2. The molecule has 0 aromatic heterocycles. The molecule has 0 fully saturated rings. The van der Waals surface area contributed by atoms with Gasteiger partial charge in [-0.15, -0.1) is 0 Å². The van der Waals surface area contributed by atoms with E-state index in [1.165, 1.54) is 0 Å². The Balaban J connectivity index is 1.94. The van der Waals surface area contributed by atoms with E-state index in [0.717, 1.165) is 30.2 Å². The summed E-state index contributed by atoms with van der Waals surface area (Å²) in [6.07, 6.45) is 0. The average Bonchev–Trinajstić information content (AvgIpc) is 2.91. The van der Waals surface area contributed by atoms with Gasteiger partial charge in [0.05, 0.1) is 12.6 Å². The number of hydrogen-bond donors (Lipinski definition) is 1. The minimum atomic E-state index is -0.0486. The number of rotatable bonds is 6. The largest absolute Gasteiger partial charge is 0.454 e. The standard InChI is InChI=1S/C15H22N2O3/c1-4-17(5-2)9-15(18)16-11(3)12-6-7-13-14(8-12)20-10-19-13/h6-8,11H,4-5,9-10H2,1-3H3,(H,16,18). The number of nitrogens with one attached hydrogen (secondary N) is 1. The van der Waals surface area contributed by atoms with Crippen molar-refractivity contribution in [1.29, 1.82) is 0 Å². The second kappa shape index (κ2) is 6.61. The van der Waals surface area contributed by atoms with Gasteiger partial charge in [0.15, 0.2) is 11.5 Å². The second-order valence-electron chi connectivity index (χ2n) is 4.86. The molecule has 5 heteroatoms. The van der Waals surface area contributed by atoms with Gasteiger partial charge in [0.25, 0.3) is 0 Å². The molecule has 0 saturated heterocycles. The summed E-state index contributed by atoms with van der Waals surface area (Å²) in [4.78, 5) is 14.1. The molecule has 0 bridgehead atoms. The summed E-state index contributed by atoms with van der Waals surface area (Å²) in [5.74, 6) is 1.54. The summed E-state index contributed by atoms with van der Waals surface area (Å²) in [5.41, 5.74) is 1.02. The first-order valence-electron chi connectivity index (χ1n) is 7.05. The molecule has 1 atom stereocenters. The van der Waals surface area contributed by atoms with Gasteiger partial charge in [0.1, 0.15) is 0 Å².